The summed E-state index contributed by atoms with van der Waals surface area (Å²) in [5.74, 6) is 3.41. The summed E-state index contributed by atoms with van der Waals surface area (Å²) in [4.78, 5) is 23.3. The molecule has 0 unspecified atom stereocenters. The molecule has 9 heteroatoms. The summed E-state index contributed by atoms with van der Waals surface area (Å²) in [6, 6.07) is 16.5. The lowest BCUT2D eigenvalue weighted by Crippen LogP contribution is -2.13. The number of pyridine rings is 2. The van der Waals surface area contributed by atoms with Crippen LogP contribution < -0.4 is 20.1 Å². The van der Waals surface area contributed by atoms with Crippen molar-refractivity contribution in [2.24, 2.45) is 0 Å². The molecule has 0 aliphatic carbocycles. The highest BCUT2D eigenvalue weighted by Crippen LogP contribution is 2.36. The van der Waals surface area contributed by atoms with Crippen molar-refractivity contribution in [1.29, 1.82) is 5.26 Å². The van der Waals surface area contributed by atoms with Crippen LogP contribution in [0.15, 0.2) is 73.1 Å². The van der Waals surface area contributed by atoms with E-state index >= 15 is 0 Å². The number of amides is 1. The third kappa shape index (κ3) is 7.39. The molecule has 4 aromatic rings. The molecular weight excluding hydrogens is 516 g/mol. The number of aromatic nitrogens is 2. The Morgan fingerprint density at radius 2 is 2.02 bits per heavy atom. The van der Waals surface area contributed by atoms with E-state index in [9.17, 15) is 10.1 Å². The maximum Gasteiger partial charge on any atom is 0.248 e. The number of terminal acetylenes is 1. The van der Waals surface area contributed by atoms with Crippen molar-refractivity contribution in [1.82, 2.24) is 14.9 Å². The standard InChI is InChI=1S/C32H30N6O3/c1-5-22-16-24(12-13-29(22)41-21-25-10-7-8-14-34-25)36-32-23(19-33)20-35-27-18-30(40-6-2)28(17-26(27)32)37-31(39)11-9-15-38(3)4/h1,7-14,16-18,20H,6,15,21H2,2-4H3,(H,35,36)(H,37,39)/b11-9+/i1D. The quantitative estimate of drug-likeness (QED) is 0.193. The first-order chi connectivity index (χ1) is 20.4. The summed E-state index contributed by atoms with van der Waals surface area (Å²) in [5, 5.41) is 16.7. The van der Waals surface area contributed by atoms with E-state index in [2.05, 4.69) is 39.0 Å². The zero-order valence-electron chi connectivity index (χ0n) is 24.1. The van der Waals surface area contributed by atoms with Crippen molar-refractivity contribution in [2.45, 2.75) is 13.5 Å². The lowest BCUT2D eigenvalue weighted by Gasteiger charge is -2.16. The van der Waals surface area contributed by atoms with Gasteiger partial charge in [0.1, 0.15) is 25.5 Å². The number of carbonyl (C=O) groups excluding carboxylic acids is 1. The normalized spacial score (nSPS) is 11.0. The average Bonchev–Trinajstić information content (AvgIpc) is 2.98. The predicted octanol–water partition coefficient (Wildman–Crippen LogP) is 5.26. The number of fused-ring (bicyclic) bond motifs is 1. The lowest BCUT2D eigenvalue weighted by atomic mass is 10.1. The molecule has 0 spiro atoms. The van der Waals surface area contributed by atoms with E-state index in [1.807, 2.05) is 44.1 Å². The third-order valence-electron chi connectivity index (χ3n) is 5.87. The van der Waals surface area contributed by atoms with Gasteiger partial charge in [0, 0.05) is 42.2 Å². The van der Waals surface area contributed by atoms with Crippen LogP contribution in [0, 0.1) is 23.7 Å². The lowest BCUT2D eigenvalue weighted by molar-refractivity contribution is -0.111. The van der Waals surface area contributed by atoms with Gasteiger partial charge in [0.05, 0.1) is 40.3 Å². The Morgan fingerprint density at radius 3 is 2.76 bits per heavy atom. The van der Waals surface area contributed by atoms with E-state index in [0.717, 1.165) is 5.69 Å². The zero-order valence-corrected chi connectivity index (χ0v) is 23.1. The SMILES string of the molecule is [2H]C#Cc1cc(Nc2c(C#N)cnc3cc(OCC)c(NC(=O)/C=C/CN(C)C)cc23)ccc1OCc1ccccn1. The van der Waals surface area contributed by atoms with Crippen molar-refractivity contribution in [3.05, 3.63) is 89.9 Å². The number of carbonyl (C=O) groups is 1. The predicted molar refractivity (Wildman–Crippen MR) is 160 cm³/mol. The Bertz CT molecular complexity index is 1710. The van der Waals surface area contributed by atoms with Crippen LogP contribution in [0.4, 0.5) is 17.1 Å². The maximum atomic E-state index is 12.7. The van der Waals surface area contributed by atoms with Crippen LogP contribution in [-0.2, 0) is 11.4 Å². The zero-order chi connectivity index (χ0) is 29.9. The molecule has 2 heterocycles. The second kappa shape index (κ2) is 13.6. The number of likely N-dealkylation sites (N-methyl/N-ethyl adjacent to an activating group) is 1. The number of nitriles is 1. The molecule has 0 fully saturated rings. The minimum Gasteiger partial charge on any atom is -0.492 e. The molecule has 0 aliphatic heterocycles. The largest absolute Gasteiger partial charge is 0.492 e. The van der Waals surface area contributed by atoms with E-state index in [4.69, 9.17) is 10.8 Å². The molecule has 2 N–H and O–H groups in total. The first kappa shape index (κ1) is 27.2. The summed E-state index contributed by atoms with van der Waals surface area (Å²) < 4.78 is 19.2. The van der Waals surface area contributed by atoms with Crippen LogP contribution in [0.5, 0.6) is 11.5 Å². The molecule has 0 saturated carbocycles. The highest BCUT2D eigenvalue weighted by Gasteiger charge is 2.16. The van der Waals surface area contributed by atoms with E-state index in [1.165, 1.54) is 12.3 Å². The molecule has 0 radical (unpaired) electrons. The Balaban J connectivity index is 1.70. The van der Waals surface area contributed by atoms with E-state index in [1.54, 1.807) is 42.6 Å². The van der Waals surface area contributed by atoms with Gasteiger partial charge in [-0.3, -0.25) is 14.8 Å². The minimum absolute atomic E-state index is 0.245. The highest BCUT2D eigenvalue weighted by atomic mass is 16.5. The highest BCUT2D eigenvalue weighted by molar-refractivity contribution is 6.04. The van der Waals surface area contributed by atoms with Crippen molar-refractivity contribution in [2.75, 3.05) is 37.9 Å². The summed E-state index contributed by atoms with van der Waals surface area (Å²) in [5.41, 5.74) is 3.70. The second-order valence-electron chi connectivity index (χ2n) is 9.18. The van der Waals surface area contributed by atoms with Gasteiger partial charge in [0.2, 0.25) is 5.91 Å². The molecule has 2 aromatic heterocycles. The Hall–Kier alpha value is -5.38. The van der Waals surface area contributed by atoms with Crippen molar-refractivity contribution >= 4 is 33.9 Å². The Morgan fingerprint density at radius 1 is 1.15 bits per heavy atom. The summed E-state index contributed by atoms with van der Waals surface area (Å²) in [6.07, 6.45) is 8.59. The number of benzene rings is 2. The van der Waals surface area contributed by atoms with Crippen LogP contribution in [0.1, 0.15) is 25.1 Å². The molecule has 0 aliphatic rings. The van der Waals surface area contributed by atoms with Crippen molar-refractivity contribution in [3.63, 3.8) is 0 Å². The second-order valence-corrected chi connectivity index (χ2v) is 9.18. The number of hydrogen-bond acceptors (Lipinski definition) is 8. The van der Waals surface area contributed by atoms with Gasteiger partial charge in [-0.05, 0) is 57.4 Å². The minimum atomic E-state index is -0.309. The molecular formula is C32H30N6O3. The molecule has 206 valence electrons. The first-order valence-corrected chi connectivity index (χ1v) is 12.9. The van der Waals surface area contributed by atoms with Gasteiger partial charge in [-0.25, -0.2) is 0 Å². The molecule has 41 heavy (non-hydrogen) atoms. The first-order valence-electron chi connectivity index (χ1n) is 13.4. The fraction of sp³-hybridized carbons (Fsp3) is 0.188. The fourth-order valence-electron chi connectivity index (χ4n) is 3.97. The van der Waals surface area contributed by atoms with Gasteiger partial charge >= 0.3 is 0 Å². The monoisotopic (exact) mass is 547 g/mol. The number of anilines is 3. The van der Waals surface area contributed by atoms with E-state index < -0.39 is 0 Å². The van der Waals surface area contributed by atoms with Crippen LogP contribution in [-0.4, -0.2) is 48.0 Å². The van der Waals surface area contributed by atoms with Crippen molar-refractivity contribution < 1.29 is 15.6 Å². The van der Waals surface area contributed by atoms with Gasteiger partial charge in [-0.1, -0.05) is 18.1 Å². The summed E-state index contributed by atoms with van der Waals surface area (Å²) in [6.45, 7) is 3.11. The van der Waals surface area contributed by atoms with Crippen LogP contribution in [0.25, 0.3) is 10.9 Å². The molecule has 4 rings (SSSR count). The maximum absolute atomic E-state index is 12.7. The Labute approximate surface area is 240 Å². The molecule has 2 aromatic carbocycles. The number of nitrogens with one attached hydrogen (secondary N) is 2. The van der Waals surface area contributed by atoms with Gasteiger partial charge in [-0.2, -0.15) is 5.26 Å². The van der Waals surface area contributed by atoms with Gasteiger partial charge in [0.25, 0.3) is 0 Å². The summed E-state index contributed by atoms with van der Waals surface area (Å²) in [7, 11) is 3.83. The van der Waals surface area contributed by atoms with E-state index in [0.29, 0.717) is 63.7 Å². The van der Waals surface area contributed by atoms with Crippen LogP contribution in [0.2, 0.25) is 0 Å². The molecule has 1 amide bonds. The molecule has 0 saturated heterocycles. The summed E-state index contributed by atoms with van der Waals surface area (Å²) >= 11 is 0. The molecule has 0 bridgehead atoms. The molecule has 0 atom stereocenters. The Kier molecular flexibility index (Phi) is 9.03. The molecule has 9 nitrogen and oxygen atoms in total. The number of nitrogens with zero attached hydrogens (tertiary/aromatic N) is 4. The number of ether oxygens (including phenoxy) is 2. The van der Waals surface area contributed by atoms with Crippen molar-refractivity contribution in [3.8, 4) is 29.9 Å². The smallest absolute Gasteiger partial charge is 0.248 e. The third-order valence-corrected chi connectivity index (χ3v) is 5.87. The average molecular weight is 548 g/mol. The van der Waals surface area contributed by atoms with Crippen LogP contribution in [0.3, 0.4) is 0 Å². The number of rotatable bonds is 11. The van der Waals surface area contributed by atoms with Gasteiger partial charge < -0.3 is 25.0 Å². The van der Waals surface area contributed by atoms with Gasteiger partial charge in [0.15, 0.2) is 0 Å². The van der Waals surface area contributed by atoms with E-state index in [-0.39, 0.29) is 12.5 Å². The van der Waals surface area contributed by atoms with Crippen LogP contribution >= 0.6 is 0 Å². The topological polar surface area (TPSA) is 112 Å². The number of hydrogen-bond donors (Lipinski definition) is 2. The fourth-order valence-corrected chi connectivity index (χ4v) is 3.97. The van der Waals surface area contributed by atoms with Gasteiger partial charge in [-0.15, -0.1) is 6.40 Å².